The molecule has 0 fully saturated rings. The molecule has 82 valence electrons. The third-order valence-electron chi connectivity index (χ3n) is 2.02. The van der Waals surface area contributed by atoms with Crippen LogP contribution in [0, 0.1) is 0 Å². The molecule has 0 aliphatic rings. The summed E-state index contributed by atoms with van der Waals surface area (Å²) in [7, 11) is 1.80. The first-order valence-electron chi connectivity index (χ1n) is 4.60. The van der Waals surface area contributed by atoms with Gasteiger partial charge in [-0.3, -0.25) is 9.48 Å². The summed E-state index contributed by atoms with van der Waals surface area (Å²) in [6, 6.07) is 4.89. The maximum atomic E-state index is 10.6. The number of hydrogen-bond acceptors (Lipinski definition) is 3. The van der Waals surface area contributed by atoms with Crippen LogP contribution in [0.3, 0.4) is 0 Å². The molecule has 1 heterocycles. The van der Waals surface area contributed by atoms with Crippen molar-refractivity contribution in [1.29, 1.82) is 0 Å². The molecule has 2 aromatic rings. The lowest BCUT2D eigenvalue weighted by Crippen LogP contribution is -1.86. The van der Waals surface area contributed by atoms with Crippen molar-refractivity contribution in [3.63, 3.8) is 0 Å². The highest BCUT2D eigenvalue weighted by Gasteiger charge is 2.03. The number of aryl methyl sites for hydroxylation is 1. The van der Waals surface area contributed by atoms with Crippen molar-refractivity contribution in [2.75, 3.05) is 0 Å². The molecule has 0 unspecified atom stereocenters. The summed E-state index contributed by atoms with van der Waals surface area (Å²) in [6.45, 7) is 0. The molecule has 0 saturated heterocycles. The Balaban J connectivity index is 2.22. The van der Waals surface area contributed by atoms with Gasteiger partial charge in [0.15, 0.2) is 12.0 Å². The molecule has 5 heteroatoms. The van der Waals surface area contributed by atoms with E-state index in [9.17, 15) is 4.79 Å². The van der Waals surface area contributed by atoms with Crippen molar-refractivity contribution in [3.8, 4) is 11.5 Å². The first kappa shape index (κ1) is 10.7. The molecule has 2 rings (SSSR count). The van der Waals surface area contributed by atoms with Crippen LogP contribution in [0.4, 0.5) is 0 Å². The van der Waals surface area contributed by atoms with Crippen LogP contribution in [0.15, 0.2) is 30.6 Å². The SMILES string of the molecule is Cn1cc(Oc2ccc(C=O)c(Cl)c2)cn1. The van der Waals surface area contributed by atoms with Gasteiger partial charge in [-0.25, -0.2) is 0 Å². The van der Waals surface area contributed by atoms with Gasteiger partial charge in [0.2, 0.25) is 0 Å². The van der Waals surface area contributed by atoms with E-state index in [-0.39, 0.29) is 0 Å². The highest BCUT2D eigenvalue weighted by atomic mass is 35.5. The number of aldehydes is 1. The number of aromatic nitrogens is 2. The van der Waals surface area contributed by atoms with Crippen molar-refractivity contribution < 1.29 is 9.53 Å². The predicted octanol–water partition coefficient (Wildman–Crippen LogP) is 2.68. The van der Waals surface area contributed by atoms with Crippen molar-refractivity contribution in [1.82, 2.24) is 9.78 Å². The average molecular weight is 237 g/mol. The van der Waals surface area contributed by atoms with Crippen LogP contribution in [-0.2, 0) is 7.05 Å². The van der Waals surface area contributed by atoms with Crippen LogP contribution in [0.25, 0.3) is 0 Å². The molecule has 0 spiro atoms. The largest absolute Gasteiger partial charge is 0.454 e. The fourth-order valence-corrected chi connectivity index (χ4v) is 1.47. The van der Waals surface area contributed by atoms with Gasteiger partial charge in [0.05, 0.1) is 17.4 Å². The minimum absolute atomic E-state index is 0.372. The minimum atomic E-state index is 0.372. The van der Waals surface area contributed by atoms with E-state index in [1.165, 1.54) is 0 Å². The van der Waals surface area contributed by atoms with Gasteiger partial charge in [-0.2, -0.15) is 5.10 Å². The summed E-state index contributed by atoms with van der Waals surface area (Å²) in [6.07, 6.45) is 4.04. The summed E-state index contributed by atoms with van der Waals surface area (Å²) in [5, 5.41) is 4.34. The van der Waals surface area contributed by atoms with Crippen molar-refractivity contribution in [2.45, 2.75) is 0 Å². The van der Waals surface area contributed by atoms with Crippen molar-refractivity contribution in [2.24, 2.45) is 7.05 Å². The Morgan fingerprint density at radius 3 is 2.81 bits per heavy atom. The average Bonchev–Trinajstić information content (AvgIpc) is 2.64. The molecule has 0 aliphatic carbocycles. The second-order valence-electron chi connectivity index (χ2n) is 3.25. The summed E-state index contributed by atoms with van der Waals surface area (Å²) in [4.78, 5) is 10.6. The van der Waals surface area contributed by atoms with Gasteiger partial charge < -0.3 is 4.74 Å². The van der Waals surface area contributed by atoms with E-state index in [4.69, 9.17) is 16.3 Å². The van der Waals surface area contributed by atoms with Gasteiger partial charge in [0.1, 0.15) is 5.75 Å². The molecule has 1 aromatic heterocycles. The molecule has 16 heavy (non-hydrogen) atoms. The number of hydrogen-bond donors (Lipinski definition) is 0. The highest BCUT2D eigenvalue weighted by molar-refractivity contribution is 6.33. The monoisotopic (exact) mass is 236 g/mol. The van der Waals surface area contributed by atoms with E-state index in [0.717, 1.165) is 0 Å². The number of carbonyl (C=O) groups excluding carboxylic acids is 1. The Kier molecular flexibility index (Phi) is 2.92. The van der Waals surface area contributed by atoms with Gasteiger partial charge in [0, 0.05) is 18.7 Å². The van der Waals surface area contributed by atoms with Crippen LogP contribution in [0.5, 0.6) is 11.5 Å². The molecule has 0 bridgehead atoms. The zero-order valence-electron chi connectivity index (χ0n) is 8.55. The Morgan fingerprint density at radius 2 is 2.25 bits per heavy atom. The van der Waals surface area contributed by atoms with E-state index >= 15 is 0 Å². The third kappa shape index (κ3) is 2.23. The normalized spacial score (nSPS) is 10.1. The zero-order valence-corrected chi connectivity index (χ0v) is 9.31. The Bertz CT molecular complexity index is 522. The van der Waals surface area contributed by atoms with Gasteiger partial charge in [-0.05, 0) is 12.1 Å². The van der Waals surface area contributed by atoms with E-state index in [1.54, 1.807) is 42.3 Å². The first-order valence-corrected chi connectivity index (χ1v) is 4.98. The summed E-state index contributed by atoms with van der Waals surface area (Å²) >= 11 is 5.87. The first-order chi connectivity index (χ1) is 7.69. The number of benzene rings is 1. The molecule has 0 radical (unpaired) electrons. The number of ether oxygens (including phenoxy) is 1. The van der Waals surface area contributed by atoms with Crippen molar-refractivity contribution >= 4 is 17.9 Å². The third-order valence-corrected chi connectivity index (χ3v) is 2.34. The molecule has 0 saturated carbocycles. The fraction of sp³-hybridized carbons (Fsp3) is 0.0909. The van der Waals surface area contributed by atoms with Gasteiger partial charge in [-0.1, -0.05) is 11.6 Å². The minimum Gasteiger partial charge on any atom is -0.454 e. The zero-order chi connectivity index (χ0) is 11.5. The quantitative estimate of drug-likeness (QED) is 0.770. The number of nitrogens with zero attached hydrogens (tertiary/aromatic N) is 2. The lowest BCUT2D eigenvalue weighted by Gasteiger charge is -2.03. The second kappa shape index (κ2) is 4.37. The molecule has 4 nitrogen and oxygen atoms in total. The van der Waals surface area contributed by atoms with Crippen LogP contribution in [0.1, 0.15) is 10.4 Å². The van der Waals surface area contributed by atoms with Crippen molar-refractivity contribution in [3.05, 3.63) is 41.2 Å². The molecule has 0 N–H and O–H groups in total. The number of rotatable bonds is 3. The maximum Gasteiger partial charge on any atom is 0.165 e. The smallest absolute Gasteiger partial charge is 0.165 e. The lowest BCUT2D eigenvalue weighted by molar-refractivity contribution is 0.112. The molecule has 1 aromatic carbocycles. The Labute approximate surface area is 97.4 Å². The van der Waals surface area contributed by atoms with E-state index < -0.39 is 0 Å². The second-order valence-corrected chi connectivity index (χ2v) is 3.66. The van der Waals surface area contributed by atoms with Crippen LogP contribution < -0.4 is 4.74 Å². The summed E-state index contributed by atoms with van der Waals surface area (Å²) in [5.74, 6) is 1.20. The standard InChI is InChI=1S/C11H9ClN2O2/c1-14-6-10(5-13-14)16-9-3-2-8(7-15)11(12)4-9/h2-7H,1H3. The molecular weight excluding hydrogens is 228 g/mol. The van der Waals surface area contributed by atoms with E-state index in [0.29, 0.717) is 28.4 Å². The number of carbonyl (C=O) groups is 1. The fourth-order valence-electron chi connectivity index (χ4n) is 1.25. The highest BCUT2D eigenvalue weighted by Crippen LogP contribution is 2.25. The molecule has 0 amide bonds. The molecular formula is C11H9ClN2O2. The van der Waals surface area contributed by atoms with Crippen LogP contribution in [-0.4, -0.2) is 16.1 Å². The van der Waals surface area contributed by atoms with Crippen LogP contribution >= 0.6 is 11.6 Å². The van der Waals surface area contributed by atoms with E-state index in [1.807, 2.05) is 0 Å². The van der Waals surface area contributed by atoms with Gasteiger partial charge in [-0.15, -0.1) is 0 Å². The molecule has 0 aliphatic heterocycles. The van der Waals surface area contributed by atoms with Gasteiger partial charge >= 0.3 is 0 Å². The topological polar surface area (TPSA) is 44.1 Å². The summed E-state index contributed by atoms with van der Waals surface area (Å²) < 4.78 is 7.13. The lowest BCUT2D eigenvalue weighted by atomic mass is 10.2. The molecule has 0 atom stereocenters. The Hall–Kier alpha value is -1.81. The predicted molar refractivity (Wildman–Crippen MR) is 60.1 cm³/mol. The maximum absolute atomic E-state index is 10.6. The van der Waals surface area contributed by atoms with E-state index in [2.05, 4.69) is 5.10 Å². The number of halogens is 1. The summed E-state index contributed by atoms with van der Waals surface area (Å²) in [5.41, 5.74) is 0.445. The van der Waals surface area contributed by atoms with Gasteiger partial charge in [0.25, 0.3) is 0 Å². The van der Waals surface area contributed by atoms with Crippen LogP contribution in [0.2, 0.25) is 5.02 Å². The Morgan fingerprint density at radius 1 is 1.44 bits per heavy atom.